The maximum absolute atomic E-state index is 2.19. The summed E-state index contributed by atoms with van der Waals surface area (Å²) in [7, 11) is 0. The molecule has 0 aromatic rings. The Bertz CT molecular complexity index is 23.0. The van der Waals surface area contributed by atoms with Crippen molar-refractivity contribution in [1.82, 2.24) is 0 Å². The van der Waals surface area contributed by atoms with E-state index in [4.69, 9.17) is 0 Å². The van der Waals surface area contributed by atoms with Crippen LogP contribution in [-0.2, 0) is 0 Å². The summed E-state index contributed by atoms with van der Waals surface area (Å²) in [4.78, 5) is 0. The number of hydrogen-bond acceptors (Lipinski definition) is 0. The maximum atomic E-state index is 2.19. The monoisotopic (exact) mass is 144 g/mol. The summed E-state index contributed by atoms with van der Waals surface area (Å²) in [6.45, 7) is 6.56. The van der Waals surface area contributed by atoms with Gasteiger partial charge in [0.1, 0.15) is 0 Å². The molecule has 0 spiro atoms. The Balaban J connectivity index is 0. The molecule has 0 aliphatic carbocycles. The van der Waals surface area contributed by atoms with Crippen LogP contribution in [0.15, 0.2) is 0 Å². The molecule has 0 aromatic heterocycles. The summed E-state index contributed by atoms with van der Waals surface area (Å²) in [6, 6.07) is 0. The molecular weight excluding hydrogens is 135 g/mol. The quantitative estimate of drug-likeness (QED) is 0.457. The molecule has 0 nitrogen and oxygen atoms in total. The van der Waals surface area contributed by atoms with Gasteiger partial charge in [0.05, 0.1) is 0 Å². The van der Waals surface area contributed by atoms with Gasteiger partial charge < -0.3 is 0 Å². The first-order valence-corrected chi connectivity index (χ1v) is 2.00. The van der Waals surface area contributed by atoms with Crippen molar-refractivity contribution >= 4 is 34.7 Å². The third-order valence-electron chi connectivity index (χ3n) is 0. The van der Waals surface area contributed by atoms with E-state index in [1.54, 1.807) is 0 Å². The molecule has 0 amide bonds. The van der Waals surface area contributed by atoms with E-state index in [0.717, 1.165) is 0 Å². The molecule has 0 rings (SSSR count). The van der Waals surface area contributed by atoms with E-state index in [1.165, 1.54) is 0 Å². The minimum absolute atomic E-state index is 0. The van der Waals surface area contributed by atoms with Gasteiger partial charge >= 0.3 is 42.6 Å². The summed E-state index contributed by atoms with van der Waals surface area (Å²) >= 11 is 2.19. The van der Waals surface area contributed by atoms with Crippen LogP contribution in [0.5, 0.6) is 0 Å². The molecule has 0 bridgehead atoms. The Morgan fingerprint density at radius 3 is 1.17 bits per heavy atom. The summed E-state index contributed by atoms with van der Waals surface area (Å²) in [5, 5.41) is 0. The number of rotatable bonds is 0. The summed E-state index contributed by atoms with van der Waals surface area (Å²) in [6.07, 6.45) is 0. The van der Waals surface area contributed by atoms with Gasteiger partial charge in [-0.3, -0.25) is 0 Å². The first-order chi connectivity index (χ1) is 2.00. The second kappa shape index (κ2) is 3.13. The Morgan fingerprint density at radius 1 is 1.17 bits per heavy atom. The molecule has 6 heavy (non-hydrogen) atoms. The van der Waals surface area contributed by atoms with Gasteiger partial charge in [0.25, 0.3) is 0 Å². The second-order valence-electron chi connectivity index (χ2n) is 3.00. The van der Waals surface area contributed by atoms with Crippen molar-refractivity contribution < 1.29 is 0 Å². The third-order valence-corrected chi connectivity index (χ3v) is 0. The van der Waals surface area contributed by atoms with Gasteiger partial charge in [0.2, 0.25) is 0 Å². The molecule has 0 saturated heterocycles. The van der Waals surface area contributed by atoms with Crippen molar-refractivity contribution in [3.8, 4) is 0 Å². The van der Waals surface area contributed by atoms with Gasteiger partial charge in [-0.05, 0) is 0 Å². The molecule has 0 aliphatic heterocycles. The van der Waals surface area contributed by atoms with Gasteiger partial charge in [-0.2, -0.15) is 0 Å². The van der Waals surface area contributed by atoms with Crippen LogP contribution >= 0.6 is 17.0 Å². The van der Waals surface area contributed by atoms with Crippen molar-refractivity contribution in [2.45, 2.75) is 24.9 Å². The Hall–Kier alpha value is 1.08. The van der Waals surface area contributed by atoms with Crippen LogP contribution in [0, 0.1) is 0 Å². The van der Waals surface area contributed by atoms with Crippen LogP contribution in [0.1, 0.15) is 20.8 Å². The predicted molar refractivity (Wildman–Crippen MR) is 35.8 cm³/mol. The Morgan fingerprint density at radius 2 is 1.17 bits per heavy atom. The Labute approximate surface area is 59.7 Å². The standard InChI is InChI=1S/C4H9.BrH.Li/c1-4(2)3;;/h1-3H3;1H;. The molecule has 0 aliphatic rings. The second-order valence-corrected chi connectivity index (χ2v) is 3.00. The average molecular weight is 145 g/mol. The molecule has 0 unspecified atom stereocenters. The van der Waals surface area contributed by atoms with Crippen molar-refractivity contribution in [2.75, 3.05) is 0 Å². The summed E-state index contributed by atoms with van der Waals surface area (Å²) < 4.78 is 0.500. The van der Waals surface area contributed by atoms with E-state index in [9.17, 15) is 0 Å². The van der Waals surface area contributed by atoms with E-state index in [-0.39, 0.29) is 17.0 Å². The molecular formula is C4H10BrLi. The molecule has 0 fully saturated rings. The van der Waals surface area contributed by atoms with Crippen LogP contribution in [0.4, 0.5) is 0 Å². The molecule has 34 valence electrons. The summed E-state index contributed by atoms with van der Waals surface area (Å²) in [5.41, 5.74) is 0. The molecule has 0 atom stereocenters. The third kappa shape index (κ3) is 72.7. The first-order valence-electron chi connectivity index (χ1n) is 2.00. The Kier molecular flexibility index (Phi) is 5.29. The number of hydrogen-bond donors (Lipinski definition) is 0. The number of halogens is 1. The van der Waals surface area contributed by atoms with Gasteiger partial charge in [-0.15, -0.1) is 17.0 Å². The molecule has 2 heteroatoms. The van der Waals surface area contributed by atoms with Crippen molar-refractivity contribution in [1.29, 1.82) is 0 Å². The first kappa shape index (κ1) is 10.1. The summed E-state index contributed by atoms with van der Waals surface area (Å²) in [5.74, 6) is 0. The topological polar surface area (TPSA) is 0 Å². The minimum atomic E-state index is 0. The van der Waals surface area contributed by atoms with Gasteiger partial charge in [0, 0.05) is 0 Å². The average Bonchev–Trinajstić information content (AvgIpc) is 0.722. The van der Waals surface area contributed by atoms with Crippen molar-refractivity contribution in [3.05, 3.63) is 0 Å². The van der Waals surface area contributed by atoms with Crippen LogP contribution in [0.25, 0.3) is 0 Å². The fourth-order valence-corrected chi connectivity index (χ4v) is 0. The van der Waals surface area contributed by atoms with E-state index >= 15 is 0 Å². The van der Waals surface area contributed by atoms with E-state index in [0.29, 0.717) is 4.09 Å². The predicted octanol–water partition coefficient (Wildman–Crippen LogP) is 1.95. The van der Waals surface area contributed by atoms with E-state index in [2.05, 4.69) is 38.5 Å². The zero-order valence-corrected chi connectivity index (χ0v) is 6.62. The van der Waals surface area contributed by atoms with E-state index < -0.39 is 0 Å². The van der Waals surface area contributed by atoms with Gasteiger partial charge in [-0.25, -0.2) is 0 Å². The van der Waals surface area contributed by atoms with Crippen LogP contribution in [0.3, 0.4) is 0 Å². The zero-order valence-electron chi connectivity index (χ0n) is 4.91. The molecule has 0 radical (unpaired) electrons. The normalized spacial score (nSPS) is 10.2. The van der Waals surface area contributed by atoms with Crippen LogP contribution < -0.4 is 0 Å². The molecule has 0 N–H and O–H groups in total. The molecule has 0 aromatic carbocycles. The van der Waals surface area contributed by atoms with Gasteiger partial charge in [-0.1, -0.05) is 0 Å². The molecule has 0 saturated carbocycles. The SMILES string of the molecule is Br.[Li][C](C)(C)C. The molecule has 0 heterocycles. The van der Waals surface area contributed by atoms with Crippen molar-refractivity contribution in [2.24, 2.45) is 0 Å². The fraction of sp³-hybridized carbons (Fsp3) is 1.00. The van der Waals surface area contributed by atoms with Crippen molar-refractivity contribution in [3.63, 3.8) is 0 Å². The van der Waals surface area contributed by atoms with E-state index in [1.807, 2.05) is 0 Å². The fourth-order valence-electron chi connectivity index (χ4n) is 0. The van der Waals surface area contributed by atoms with Crippen LogP contribution in [-0.4, -0.2) is 17.7 Å². The van der Waals surface area contributed by atoms with Crippen LogP contribution in [0.2, 0.25) is 4.09 Å². The zero-order chi connectivity index (χ0) is 4.50. The van der Waals surface area contributed by atoms with Gasteiger partial charge in [0.15, 0.2) is 0 Å².